The first-order valence-electron chi connectivity index (χ1n) is 9.76. The largest absolute Gasteiger partial charge is 0.467 e. The van der Waals surface area contributed by atoms with Crippen molar-refractivity contribution < 1.29 is 9.21 Å². The number of amides is 1. The van der Waals surface area contributed by atoms with Crippen molar-refractivity contribution in [3.63, 3.8) is 0 Å². The molecule has 0 aliphatic rings. The first kappa shape index (κ1) is 20.0. The molecule has 7 heteroatoms. The Morgan fingerprint density at radius 1 is 1.03 bits per heavy atom. The Kier molecular flexibility index (Phi) is 6.29. The van der Waals surface area contributed by atoms with E-state index in [9.17, 15) is 4.79 Å². The number of carbonyl (C=O) groups is 1. The number of rotatable bonds is 8. The number of furan rings is 1. The van der Waals surface area contributed by atoms with E-state index >= 15 is 0 Å². The summed E-state index contributed by atoms with van der Waals surface area (Å²) in [7, 11) is 0. The fourth-order valence-electron chi connectivity index (χ4n) is 3.16. The van der Waals surface area contributed by atoms with E-state index < -0.39 is 0 Å². The first-order chi connectivity index (χ1) is 14.7. The molecule has 1 N–H and O–H groups in total. The van der Waals surface area contributed by atoms with Crippen molar-refractivity contribution in [3.8, 4) is 11.4 Å². The third kappa shape index (κ3) is 4.63. The number of nitrogens with one attached hydrogen (secondary N) is 1. The third-order valence-corrected chi connectivity index (χ3v) is 5.61. The molecule has 0 unspecified atom stereocenters. The average Bonchev–Trinajstić information content (AvgIpc) is 3.44. The molecule has 0 atom stereocenters. The lowest BCUT2D eigenvalue weighted by Gasteiger charge is -2.10. The van der Waals surface area contributed by atoms with Gasteiger partial charge < -0.3 is 9.73 Å². The van der Waals surface area contributed by atoms with Crippen LogP contribution in [0.25, 0.3) is 11.4 Å². The van der Waals surface area contributed by atoms with Gasteiger partial charge in [-0.05, 0) is 30.2 Å². The second-order valence-corrected chi connectivity index (χ2v) is 7.63. The van der Waals surface area contributed by atoms with Gasteiger partial charge in [0.25, 0.3) is 0 Å². The molecule has 0 fully saturated rings. The minimum atomic E-state index is -0.0743. The molecule has 0 saturated carbocycles. The molecule has 2 aromatic carbocycles. The van der Waals surface area contributed by atoms with E-state index in [0.717, 1.165) is 34.8 Å². The molecule has 4 aromatic rings. The Morgan fingerprint density at radius 3 is 2.60 bits per heavy atom. The van der Waals surface area contributed by atoms with Crippen molar-refractivity contribution in [2.45, 2.75) is 25.0 Å². The standard InChI is InChI=1S/C23H22N4O2S/c1-2-17-9-6-7-13-20(17)24-21(28)16-30-23-26-25-22(18-10-4-3-5-11-18)27(23)15-19-12-8-14-29-19/h3-14H,2,15-16H2,1H3,(H,24,28). The molecule has 0 saturated heterocycles. The number of para-hydroxylation sites is 1. The summed E-state index contributed by atoms with van der Waals surface area (Å²) in [5.41, 5.74) is 2.93. The zero-order valence-corrected chi connectivity index (χ0v) is 17.4. The van der Waals surface area contributed by atoms with Gasteiger partial charge in [-0.25, -0.2) is 0 Å². The van der Waals surface area contributed by atoms with Crippen LogP contribution in [0, 0.1) is 0 Å². The van der Waals surface area contributed by atoms with Crippen LogP contribution in [0.1, 0.15) is 18.2 Å². The van der Waals surface area contributed by atoms with E-state index in [1.165, 1.54) is 11.8 Å². The number of carbonyl (C=O) groups excluding carboxylic acids is 1. The maximum atomic E-state index is 12.6. The molecule has 1 amide bonds. The summed E-state index contributed by atoms with van der Waals surface area (Å²) in [4.78, 5) is 12.6. The van der Waals surface area contributed by atoms with Gasteiger partial charge in [-0.15, -0.1) is 10.2 Å². The number of hydrogen-bond acceptors (Lipinski definition) is 5. The molecule has 0 spiro atoms. The van der Waals surface area contributed by atoms with Gasteiger partial charge in [-0.2, -0.15) is 0 Å². The monoisotopic (exact) mass is 418 g/mol. The molecule has 0 bridgehead atoms. The van der Waals surface area contributed by atoms with Gasteiger partial charge in [-0.3, -0.25) is 9.36 Å². The minimum absolute atomic E-state index is 0.0743. The molecule has 0 aliphatic heterocycles. The Balaban J connectivity index is 1.52. The van der Waals surface area contributed by atoms with Crippen molar-refractivity contribution in [1.29, 1.82) is 0 Å². The molecule has 30 heavy (non-hydrogen) atoms. The molecular weight excluding hydrogens is 396 g/mol. The predicted octanol–water partition coefficient (Wildman–Crippen LogP) is 4.88. The highest BCUT2D eigenvalue weighted by Gasteiger charge is 2.17. The summed E-state index contributed by atoms with van der Waals surface area (Å²) in [6.07, 6.45) is 2.51. The van der Waals surface area contributed by atoms with Crippen molar-refractivity contribution >= 4 is 23.4 Å². The van der Waals surface area contributed by atoms with E-state index in [-0.39, 0.29) is 11.7 Å². The smallest absolute Gasteiger partial charge is 0.234 e. The fourth-order valence-corrected chi connectivity index (χ4v) is 3.90. The second-order valence-electron chi connectivity index (χ2n) is 6.69. The predicted molar refractivity (Wildman–Crippen MR) is 118 cm³/mol. The van der Waals surface area contributed by atoms with Gasteiger partial charge in [-0.1, -0.05) is 67.2 Å². The lowest BCUT2D eigenvalue weighted by molar-refractivity contribution is -0.113. The summed E-state index contributed by atoms with van der Waals surface area (Å²) in [5, 5.41) is 12.4. The Bertz CT molecular complexity index is 1110. The molecule has 152 valence electrons. The van der Waals surface area contributed by atoms with E-state index in [4.69, 9.17) is 4.42 Å². The lowest BCUT2D eigenvalue weighted by atomic mass is 10.1. The highest BCUT2D eigenvalue weighted by atomic mass is 32.2. The van der Waals surface area contributed by atoms with E-state index in [2.05, 4.69) is 22.4 Å². The van der Waals surface area contributed by atoms with Crippen LogP contribution in [-0.4, -0.2) is 26.4 Å². The van der Waals surface area contributed by atoms with Gasteiger partial charge in [0.05, 0.1) is 18.6 Å². The van der Waals surface area contributed by atoms with Crippen LogP contribution in [0.4, 0.5) is 5.69 Å². The molecule has 4 rings (SSSR count). The summed E-state index contributed by atoms with van der Waals surface area (Å²) >= 11 is 1.36. The highest BCUT2D eigenvalue weighted by molar-refractivity contribution is 7.99. The van der Waals surface area contributed by atoms with Crippen molar-refractivity contribution in [3.05, 3.63) is 84.3 Å². The second kappa shape index (κ2) is 9.45. The zero-order chi connectivity index (χ0) is 20.8. The molecule has 0 aliphatic carbocycles. The van der Waals surface area contributed by atoms with Crippen LogP contribution in [0.2, 0.25) is 0 Å². The number of aromatic nitrogens is 3. The average molecular weight is 419 g/mol. The van der Waals surface area contributed by atoms with Crippen LogP contribution in [0.3, 0.4) is 0 Å². The molecule has 0 radical (unpaired) electrons. The van der Waals surface area contributed by atoms with Crippen LogP contribution in [0.5, 0.6) is 0 Å². The molecule has 2 heterocycles. The van der Waals surface area contributed by atoms with Crippen molar-refractivity contribution in [1.82, 2.24) is 14.8 Å². The van der Waals surface area contributed by atoms with Crippen LogP contribution >= 0.6 is 11.8 Å². The normalized spacial score (nSPS) is 10.8. The van der Waals surface area contributed by atoms with E-state index in [1.54, 1.807) is 6.26 Å². The number of benzene rings is 2. The maximum Gasteiger partial charge on any atom is 0.234 e. The van der Waals surface area contributed by atoms with Crippen LogP contribution in [-0.2, 0) is 17.8 Å². The fraction of sp³-hybridized carbons (Fsp3) is 0.174. The number of aryl methyl sites for hydroxylation is 1. The number of hydrogen-bond donors (Lipinski definition) is 1. The highest BCUT2D eigenvalue weighted by Crippen LogP contribution is 2.25. The Morgan fingerprint density at radius 2 is 1.83 bits per heavy atom. The van der Waals surface area contributed by atoms with Gasteiger partial charge in [0.2, 0.25) is 5.91 Å². The SMILES string of the molecule is CCc1ccccc1NC(=O)CSc1nnc(-c2ccccc2)n1Cc1ccco1. The lowest BCUT2D eigenvalue weighted by Crippen LogP contribution is -2.16. The number of anilines is 1. The van der Waals surface area contributed by atoms with E-state index in [0.29, 0.717) is 11.7 Å². The van der Waals surface area contributed by atoms with Crippen molar-refractivity contribution in [2.75, 3.05) is 11.1 Å². The summed E-state index contributed by atoms with van der Waals surface area (Å²) in [6, 6.07) is 21.5. The Labute approximate surface area is 179 Å². The van der Waals surface area contributed by atoms with Gasteiger partial charge in [0.15, 0.2) is 11.0 Å². The topological polar surface area (TPSA) is 73.0 Å². The summed E-state index contributed by atoms with van der Waals surface area (Å²) < 4.78 is 7.50. The van der Waals surface area contributed by atoms with Gasteiger partial charge in [0, 0.05) is 11.3 Å². The Hall–Kier alpha value is -3.32. The molecule has 6 nitrogen and oxygen atoms in total. The van der Waals surface area contributed by atoms with Crippen LogP contribution in [0.15, 0.2) is 82.6 Å². The summed E-state index contributed by atoms with van der Waals surface area (Å²) in [5.74, 6) is 1.71. The number of nitrogens with zero attached hydrogens (tertiary/aromatic N) is 3. The maximum absolute atomic E-state index is 12.6. The quantitative estimate of drug-likeness (QED) is 0.413. The van der Waals surface area contributed by atoms with Gasteiger partial charge in [0.1, 0.15) is 5.76 Å². The first-order valence-corrected chi connectivity index (χ1v) is 10.7. The third-order valence-electron chi connectivity index (χ3n) is 4.65. The van der Waals surface area contributed by atoms with Gasteiger partial charge >= 0.3 is 0 Å². The number of thioether (sulfide) groups is 1. The molecule has 2 aromatic heterocycles. The summed E-state index contributed by atoms with van der Waals surface area (Å²) in [6.45, 7) is 2.56. The van der Waals surface area contributed by atoms with Crippen molar-refractivity contribution in [2.24, 2.45) is 0 Å². The molecular formula is C23H22N4O2S. The zero-order valence-electron chi connectivity index (χ0n) is 16.6. The minimum Gasteiger partial charge on any atom is -0.467 e. The van der Waals surface area contributed by atoms with E-state index in [1.807, 2.05) is 71.3 Å². The van der Waals surface area contributed by atoms with Crippen LogP contribution < -0.4 is 5.32 Å².